The summed E-state index contributed by atoms with van der Waals surface area (Å²) in [5.74, 6) is 1.38. The van der Waals surface area contributed by atoms with Crippen LogP contribution in [0.4, 0.5) is 5.00 Å². The first-order chi connectivity index (χ1) is 18.2. The summed E-state index contributed by atoms with van der Waals surface area (Å²) in [5.41, 5.74) is 5.18. The van der Waals surface area contributed by atoms with Crippen LogP contribution >= 0.6 is 11.3 Å². The summed E-state index contributed by atoms with van der Waals surface area (Å²) in [6.07, 6.45) is 2.68. The summed E-state index contributed by atoms with van der Waals surface area (Å²) >= 11 is 1.63. The van der Waals surface area contributed by atoms with E-state index in [-0.39, 0.29) is 0 Å². The van der Waals surface area contributed by atoms with Crippen molar-refractivity contribution in [2.75, 3.05) is 13.2 Å². The third-order valence-corrected chi connectivity index (χ3v) is 7.44. The van der Waals surface area contributed by atoms with Gasteiger partial charge in [-0.25, -0.2) is 4.99 Å². The second kappa shape index (κ2) is 11.9. The fraction of sp³-hybridized carbons (Fsp3) is 0.226. The Hall–Kier alpha value is -3.92. The number of ether oxygens (including phenoxy) is 2. The number of hydrogen-bond acceptors (Lipinski definition) is 6. The van der Waals surface area contributed by atoms with Gasteiger partial charge in [0.15, 0.2) is 11.5 Å². The van der Waals surface area contributed by atoms with Crippen LogP contribution in [0.1, 0.15) is 39.6 Å². The maximum atomic E-state index is 9.90. The minimum Gasteiger partial charge on any atom is -0.490 e. The third-order valence-electron chi connectivity index (χ3n) is 6.31. The fourth-order valence-corrected chi connectivity index (χ4v) is 5.67. The molecule has 0 radical (unpaired) electrons. The molecule has 2 heterocycles. The molecule has 0 saturated heterocycles. The lowest BCUT2D eigenvalue weighted by Gasteiger charge is -2.26. The minimum absolute atomic E-state index is 0.474. The molecular weight excluding hydrogens is 478 g/mol. The van der Waals surface area contributed by atoms with Gasteiger partial charge in [0.2, 0.25) is 0 Å². The molecule has 0 bridgehead atoms. The van der Waals surface area contributed by atoms with Crippen LogP contribution in [0.15, 0.2) is 83.9 Å². The van der Waals surface area contributed by atoms with Crippen LogP contribution in [0.5, 0.6) is 11.5 Å². The Labute approximate surface area is 222 Å². The Kier molecular flexibility index (Phi) is 7.95. The Morgan fingerprint density at radius 2 is 1.73 bits per heavy atom. The zero-order valence-electron chi connectivity index (χ0n) is 20.9. The number of hydrogen-bond donors (Lipinski definition) is 0. The quantitative estimate of drug-likeness (QED) is 0.231. The molecule has 1 aromatic heterocycles. The second-order valence-corrected chi connectivity index (χ2v) is 10.00. The standard InChI is InChI=1S/C31H29N3O2S/c1-2-35-29-17-25(13-14-28(29)36-22-24-11-7-4-8-12-24)19-33-31-27(18-32)26-15-16-34(21-30(26)37-31)20-23-9-5-3-6-10-23/h3-14,17,19H,2,15-16,20-22H2,1H3. The molecule has 4 aromatic rings. The third kappa shape index (κ3) is 6.08. The number of rotatable bonds is 9. The van der Waals surface area contributed by atoms with E-state index in [1.54, 1.807) is 11.3 Å². The predicted octanol–water partition coefficient (Wildman–Crippen LogP) is 6.91. The van der Waals surface area contributed by atoms with Gasteiger partial charge < -0.3 is 9.47 Å². The van der Waals surface area contributed by atoms with Gasteiger partial charge >= 0.3 is 0 Å². The van der Waals surface area contributed by atoms with Gasteiger partial charge in [0.05, 0.1) is 12.2 Å². The van der Waals surface area contributed by atoms with E-state index in [0.717, 1.165) is 47.7 Å². The number of nitriles is 1. The van der Waals surface area contributed by atoms with E-state index in [2.05, 4.69) is 35.2 Å². The maximum Gasteiger partial charge on any atom is 0.161 e. The lowest BCUT2D eigenvalue weighted by atomic mass is 10.0. The monoisotopic (exact) mass is 507 g/mol. The zero-order chi connectivity index (χ0) is 25.5. The van der Waals surface area contributed by atoms with Crippen molar-refractivity contribution >= 4 is 22.6 Å². The summed E-state index contributed by atoms with van der Waals surface area (Å²) in [7, 11) is 0. The molecule has 1 aliphatic heterocycles. The van der Waals surface area contributed by atoms with Gasteiger partial charge in [-0.2, -0.15) is 5.26 Å². The van der Waals surface area contributed by atoms with Gasteiger partial charge in [-0.3, -0.25) is 4.90 Å². The van der Waals surface area contributed by atoms with Crippen molar-refractivity contribution in [3.63, 3.8) is 0 Å². The minimum atomic E-state index is 0.474. The van der Waals surface area contributed by atoms with E-state index in [9.17, 15) is 5.26 Å². The number of nitrogens with zero attached hydrogens (tertiary/aromatic N) is 3. The summed E-state index contributed by atoms with van der Waals surface area (Å²) in [5, 5.41) is 10.7. The molecular formula is C31H29N3O2S. The van der Waals surface area contributed by atoms with Crippen LogP contribution in [-0.4, -0.2) is 24.3 Å². The molecule has 6 heteroatoms. The molecule has 0 unspecified atom stereocenters. The molecule has 0 spiro atoms. The van der Waals surface area contributed by atoms with Crippen LogP contribution in [0.25, 0.3) is 0 Å². The van der Waals surface area contributed by atoms with E-state index in [0.29, 0.717) is 30.3 Å². The Bertz CT molecular complexity index is 1410. The van der Waals surface area contributed by atoms with E-state index in [1.807, 2.05) is 67.7 Å². The highest BCUT2D eigenvalue weighted by Gasteiger charge is 2.24. The topological polar surface area (TPSA) is 57.8 Å². The van der Waals surface area contributed by atoms with Gasteiger partial charge in [0.25, 0.3) is 0 Å². The first kappa shape index (κ1) is 24.8. The smallest absolute Gasteiger partial charge is 0.161 e. The summed E-state index contributed by atoms with van der Waals surface area (Å²) < 4.78 is 11.9. The molecule has 0 aliphatic carbocycles. The molecule has 0 N–H and O–H groups in total. The SMILES string of the molecule is CCOc1cc(C=Nc2sc3c(c2C#N)CCN(Cc2ccccc2)C3)ccc1OCc1ccccc1. The molecule has 1 aliphatic rings. The Balaban J connectivity index is 1.31. The second-order valence-electron chi connectivity index (χ2n) is 8.91. The lowest BCUT2D eigenvalue weighted by Crippen LogP contribution is -2.29. The summed E-state index contributed by atoms with van der Waals surface area (Å²) in [6, 6.07) is 28.8. The van der Waals surface area contributed by atoms with Gasteiger partial charge in [-0.15, -0.1) is 11.3 Å². The molecule has 0 saturated carbocycles. The molecule has 0 fully saturated rings. The van der Waals surface area contributed by atoms with Gasteiger partial charge in [-0.1, -0.05) is 60.7 Å². The highest BCUT2D eigenvalue weighted by Crippen LogP contribution is 2.39. The van der Waals surface area contributed by atoms with E-state index in [4.69, 9.17) is 14.5 Å². The largest absolute Gasteiger partial charge is 0.490 e. The van der Waals surface area contributed by atoms with Crippen molar-refractivity contribution < 1.29 is 9.47 Å². The first-order valence-corrected chi connectivity index (χ1v) is 13.3. The predicted molar refractivity (Wildman–Crippen MR) is 149 cm³/mol. The molecule has 0 amide bonds. The van der Waals surface area contributed by atoms with Crippen LogP contribution in [0.3, 0.4) is 0 Å². The van der Waals surface area contributed by atoms with E-state index in [1.165, 1.54) is 10.4 Å². The van der Waals surface area contributed by atoms with Crippen LogP contribution < -0.4 is 9.47 Å². The van der Waals surface area contributed by atoms with Gasteiger partial charge in [-0.05, 0) is 53.8 Å². The van der Waals surface area contributed by atoms with Crippen molar-refractivity contribution in [1.82, 2.24) is 4.90 Å². The summed E-state index contributed by atoms with van der Waals surface area (Å²) in [6.45, 7) is 5.68. The zero-order valence-corrected chi connectivity index (χ0v) is 21.7. The van der Waals surface area contributed by atoms with Crippen molar-refractivity contribution in [2.24, 2.45) is 4.99 Å². The van der Waals surface area contributed by atoms with Crippen molar-refractivity contribution in [1.29, 1.82) is 5.26 Å². The van der Waals surface area contributed by atoms with Crippen LogP contribution in [0, 0.1) is 11.3 Å². The normalized spacial score (nSPS) is 13.3. The van der Waals surface area contributed by atoms with Crippen molar-refractivity contribution in [3.05, 3.63) is 112 Å². The van der Waals surface area contributed by atoms with Gasteiger partial charge in [0.1, 0.15) is 17.7 Å². The van der Waals surface area contributed by atoms with Crippen LogP contribution in [-0.2, 0) is 26.1 Å². The number of benzene rings is 3. The lowest BCUT2D eigenvalue weighted by molar-refractivity contribution is 0.249. The van der Waals surface area contributed by atoms with Crippen molar-refractivity contribution in [2.45, 2.75) is 33.0 Å². The highest BCUT2D eigenvalue weighted by atomic mass is 32.1. The molecule has 37 heavy (non-hydrogen) atoms. The number of aliphatic imine (C=N–C) groups is 1. The van der Waals surface area contributed by atoms with Gasteiger partial charge in [0, 0.05) is 30.7 Å². The first-order valence-electron chi connectivity index (χ1n) is 12.5. The Morgan fingerprint density at radius 1 is 0.973 bits per heavy atom. The molecule has 3 aromatic carbocycles. The molecule has 5 rings (SSSR count). The van der Waals surface area contributed by atoms with Crippen molar-refractivity contribution in [3.8, 4) is 17.6 Å². The fourth-order valence-electron chi connectivity index (χ4n) is 4.49. The molecule has 0 atom stereocenters. The Morgan fingerprint density at radius 3 is 2.46 bits per heavy atom. The average molecular weight is 508 g/mol. The molecule has 186 valence electrons. The average Bonchev–Trinajstić information content (AvgIpc) is 3.29. The summed E-state index contributed by atoms with van der Waals surface area (Å²) in [4.78, 5) is 8.42. The number of thiophene rings is 1. The highest BCUT2D eigenvalue weighted by molar-refractivity contribution is 7.16. The van der Waals surface area contributed by atoms with E-state index >= 15 is 0 Å². The maximum absolute atomic E-state index is 9.90. The van der Waals surface area contributed by atoms with Crippen LogP contribution in [0.2, 0.25) is 0 Å². The molecule has 5 nitrogen and oxygen atoms in total. The number of fused-ring (bicyclic) bond motifs is 1. The van der Waals surface area contributed by atoms with E-state index < -0.39 is 0 Å².